The predicted molar refractivity (Wildman–Crippen MR) is 342 cm³/mol. The van der Waals surface area contributed by atoms with Gasteiger partial charge in [-0.1, -0.05) is 232 Å². The second kappa shape index (κ2) is 21.2. The minimum absolute atomic E-state index is 0.0229. The fourth-order valence-electron chi connectivity index (χ4n) is 12.2. The van der Waals surface area contributed by atoms with E-state index in [0.717, 1.165) is 142 Å². The SMILES string of the molecule is CC1(C)CC(/C=C/c2ccc(-c3ccc(-n4c(-c5ccc(-c6ccc7c(c6)C(=O)c6cc(-c8ccc(-c9nc%10ccccc%10n9-c9ccccc9)cc8)ccc6-7)cc5)nc(-c5ccccc5)c4-c4ccccc4)cc3)cc2)=CC(=C(/N)C#N)/C1. The summed E-state index contributed by atoms with van der Waals surface area (Å²) in [5.41, 5.74) is 29.0. The molecule has 2 aliphatic rings. The van der Waals surface area contributed by atoms with Crippen LogP contribution in [-0.4, -0.2) is 24.9 Å². The molecule has 400 valence electrons. The molecule has 0 unspecified atom stereocenters. The Morgan fingerprint density at radius 2 is 0.952 bits per heavy atom. The summed E-state index contributed by atoms with van der Waals surface area (Å²) in [6, 6.07) is 88.5. The van der Waals surface area contributed by atoms with Crippen molar-refractivity contribution in [2.45, 2.75) is 26.7 Å². The Bertz CT molecular complexity index is 4650. The van der Waals surface area contributed by atoms with Crippen LogP contribution in [-0.2, 0) is 0 Å². The number of aromatic nitrogens is 4. The van der Waals surface area contributed by atoms with E-state index in [2.05, 4.69) is 254 Å². The third-order valence-corrected chi connectivity index (χ3v) is 16.4. The van der Waals surface area contributed by atoms with Gasteiger partial charge in [-0.05, 0) is 128 Å². The number of carbonyl (C=O) groups is 1. The van der Waals surface area contributed by atoms with Gasteiger partial charge in [0, 0.05) is 44.8 Å². The van der Waals surface area contributed by atoms with Crippen molar-refractivity contribution in [1.82, 2.24) is 19.1 Å². The van der Waals surface area contributed by atoms with Crippen molar-refractivity contribution in [3.63, 3.8) is 0 Å². The molecule has 10 aromatic carbocycles. The number of nitrogens with two attached hydrogens (primary N) is 1. The molecule has 84 heavy (non-hydrogen) atoms. The lowest BCUT2D eigenvalue weighted by Crippen LogP contribution is -2.18. The third-order valence-electron chi connectivity index (χ3n) is 16.4. The molecule has 0 fully saturated rings. The standard InChI is InChI=1S/C77H56N6O/c1-77(2)47-51(44-62(48-77)69(79)49-78)23-22-50-24-26-52(27-25-50)53-36-40-64(41-37-53)83-73(57-16-8-4-9-17-57)72(56-14-6-3-7-15-56)81-76(83)59-34-30-55(31-35-59)61-39-43-66-65-42-38-60(45-67(65)74(84)68(66)46-61)54-28-32-58(33-29-54)75-80-70-20-12-13-21-71(70)82(75)63-18-10-5-11-19-63/h3-46H,47-48,79H2,1-2H3/b23-22+,69-62-. The molecule has 0 radical (unpaired) electrons. The van der Waals surface area contributed by atoms with Gasteiger partial charge in [0.1, 0.15) is 23.4 Å². The van der Waals surface area contributed by atoms with Crippen LogP contribution >= 0.6 is 0 Å². The molecule has 2 aliphatic carbocycles. The van der Waals surface area contributed by atoms with Gasteiger partial charge in [-0.15, -0.1) is 0 Å². The number of ketones is 1. The molecule has 2 aromatic heterocycles. The van der Waals surface area contributed by atoms with Crippen molar-refractivity contribution in [2.75, 3.05) is 0 Å². The number of hydrogen-bond donors (Lipinski definition) is 1. The number of benzene rings is 10. The van der Waals surface area contributed by atoms with Crippen molar-refractivity contribution in [3.8, 4) is 107 Å². The third kappa shape index (κ3) is 9.55. The quantitative estimate of drug-likeness (QED) is 0.130. The Balaban J connectivity index is 0.748. The first-order valence-electron chi connectivity index (χ1n) is 28.4. The second-order valence-electron chi connectivity index (χ2n) is 22.6. The van der Waals surface area contributed by atoms with Crippen LogP contribution in [0, 0.1) is 16.7 Å². The molecule has 0 saturated heterocycles. The average molecular weight is 1080 g/mol. The van der Waals surface area contributed by atoms with E-state index in [1.54, 1.807) is 0 Å². The molecule has 0 bridgehead atoms. The number of rotatable bonds is 11. The molecule has 12 aromatic rings. The van der Waals surface area contributed by atoms with Gasteiger partial charge in [-0.3, -0.25) is 13.9 Å². The number of para-hydroxylation sites is 3. The topological polar surface area (TPSA) is 103 Å². The Morgan fingerprint density at radius 1 is 0.476 bits per heavy atom. The van der Waals surface area contributed by atoms with Crippen LogP contribution < -0.4 is 5.73 Å². The van der Waals surface area contributed by atoms with E-state index in [9.17, 15) is 10.1 Å². The van der Waals surface area contributed by atoms with Gasteiger partial charge in [-0.2, -0.15) is 5.26 Å². The van der Waals surface area contributed by atoms with Gasteiger partial charge in [0.05, 0.1) is 22.4 Å². The predicted octanol–water partition coefficient (Wildman–Crippen LogP) is 18.6. The van der Waals surface area contributed by atoms with Crippen molar-refractivity contribution < 1.29 is 4.79 Å². The number of hydrogen-bond acceptors (Lipinski definition) is 5. The van der Waals surface area contributed by atoms with Crippen LogP contribution in [0.1, 0.15) is 48.2 Å². The fourth-order valence-corrected chi connectivity index (χ4v) is 12.2. The average Bonchev–Trinajstić information content (AvgIpc) is 2.49. The van der Waals surface area contributed by atoms with E-state index in [-0.39, 0.29) is 11.2 Å². The summed E-state index contributed by atoms with van der Waals surface area (Å²) < 4.78 is 4.50. The van der Waals surface area contributed by atoms with E-state index < -0.39 is 0 Å². The van der Waals surface area contributed by atoms with Crippen LogP contribution in [0.15, 0.2) is 278 Å². The first-order chi connectivity index (χ1) is 41.1. The largest absolute Gasteiger partial charge is 0.390 e. The van der Waals surface area contributed by atoms with E-state index in [1.807, 2.05) is 42.5 Å². The van der Waals surface area contributed by atoms with Crippen LogP contribution in [0.3, 0.4) is 0 Å². The highest BCUT2D eigenvalue weighted by Crippen LogP contribution is 2.44. The lowest BCUT2D eigenvalue weighted by molar-refractivity contribution is 0.104. The van der Waals surface area contributed by atoms with Gasteiger partial charge in [-0.25, -0.2) is 9.97 Å². The van der Waals surface area contributed by atoms with Gasteiger partial charge < -0.3 is 5.73 Å². The van der Waals surface area contributed by atoms with Crippen molar-refractivity contribution in [1.29, 1.82) is 5.26 Å². The zero-order valence-electron chi connectivity index (χ0n) is 46.5. The summed E-state index contributed by atoms with van der Waals surface area (Å²) in [5, 5.41) is 9.47. The summed E-state index contributed by atoms with van der Waals surface area (Å²) in [5.74, 6) is 1.72. The van der Waals surface area contributed by atoms with Gasteiger partial charge >= 0.3 is 0 Å². The zero-order valence-corrected chi connectivity index (χ0v) is 46.5. The Morgan fingerprint density at radius 3 is 1.55 bits per heavy atom. The lowest BCUT2D eigenvalue weighted by atomic mass is 9.74. The van der Waals surface area contributed by atoms with E-state index in [4.69, 9.17) is 15.7 Å². The molecule has 0 atom stereocenters. The molecule has 14 rings (SSSR count). The maximum absolute atomic E-state index is 14.4. The number of imidazole rings is 2. The van der Waals surface area contributed by atoms with Gasteiger partial charge in [0.2, 0.25) is 0 Å². The molecular weight excluding hydrogens is 1020 g/mol. The molecule has 0 amide bonds. The molecule has 0 saturated carbocycles. The van der Waals surface area contributed by atoms with Crippen LogP contribution in [0.4, 0.5) is 0 Å². The maximum atomic E-state index is 14.4. The highest BCUT2D eigenvalue weighted by molar-refractivity contribution is 6.22. The highest BCUT2D eigenvalue weighted by atomic mass is 16.1. The number of allylic oxidation sites excluding steroid dienone is 5. The molecule has 0 aliphatic heterocycles. The van der Waals surface area contributed by atoms with Crippen molar-refractivity contribution >= 4 is 22.9 Å². The highest BCUT2D eigenvalue weighted by Gasteiger charge is 2.29. The Hall–Kier alpha value is -10.9. The molecule has 7 nitrogen and oxygen atoms in total. The monoisotopic (exact) mass is 1080 g/mol. The second-order valence-corrected chi connectivity index (χ2v) is 22.6. The van der Waals surface area contributed by atoms with Gasteiger partial charge in [0.15, 0.2) is 5.78 Å². The Labute approximate surface area is 489 Å². The Kier molecular flexibility index (Phi) is 12.9. The van der Waals surface area contributed by atoms with E-state index in [1.165, 1.54) is 0 Å². The smallest absolute Gasteiger partial charge is 0.194 e. The number of nitriles is 1. The number of fused-ring (bicyclic) bond motifs is 4. The molecule has 7 heteroatoms. The minimum atomic E-state index is 0.0229. The van der Waals surface area contributed by atoms with Gasteiger partial charge in [0.25, 0.3) is 0 Å². The normalized spacial score (nSPS) is 14.1. The first kappa shape index (κ1) is 51.2. The minimum Gasteiger partial charge on any atom is -0.390 e. The lowest BCUT2D eigenvalue weighted by Gasteiger charge is -2.30. The van der Waals surface area contributed by atoms with Crippen LogP contribution in [0.25, 0.3) is 118 Å². The van der Waals surface area contributed by atoms with E-state index in [0.29, 0.717) is 16.8 Å². The molecule has 0 spiro atoms. The summed E-state index contributed by atoms with van der Waals surface area (Å²) in [6.45, 7) is 4.44. The van der Waals surface area contributed by atoms with Crippen molar-refractivity contribution in [3.05, 3.63) is 294 Å². The zero-order chi connectivity index (χ0) is 56.9. The van der Waals surface area contributed by atoms with Crippen LogP contribution in [0.2, 0.25) is 0 Å². The summed E-state index contributed by atoms with van der Waals surface area (Å²) >= 11 is 0. The first-order valence-corrected chi connectivity index (χ1v) is 28.4. The molecular formula is C77H56N6O. The van der Waals surface area contributed by atoms with E-state index >= 15 is 0 Å². The molecule has 2 heterocycles. The number of nitrogens with zero attached hydrogens (tertiary/aromatic N) is 5. The summed E-state index contributed by atoms with van der Waals surface area (Å²) in [4.78, 5) is 25.0. The summed E-state index contributed by atoms with van der Waals surface area (Å²) in [7, 11) is 0. The summed E-state index contributed by atoms with van der Waals surface area (Å²) in [6.07, 6.45) is 8.06. The fraction of sp³-hybridized carbons (Fsp3) is 0.0649. The maximum Gasteiger partial charge on any atom is 0.194 e. The van der Waals surface area contributed by atoms with Crippen molar-refractivity contribution in [2.24, 2.45) is 11.1 Å². The molecule has 2 N–H and O–H groups in total. The number of carbonyl (C=O) groups excluding carboxylic acids is 1. The van der Waals surface area contributed by atoms with Crippen LogP contribution in [0.5, 0.6) is 0 Å².